The summed E-state index contributed by atoms with van der Waals surface area (Å²) in [6, 6.07) is 1.17. The van der Waals surface area contributed by atoms with Crippen molar-refractivity contribution in [2.45, 2.75) is 63.8 Å². The van der Waals surface area contributed by atoms with Crippen LogP contribution < -0.4 is 0 Å². The first-order valence-corrected chi connectivity index (χ1v) is 10.9. The number of fused-ring (bicyclic) bond motifs is 1. The molecule has 10 heteroatoms. The summed E-state index contributed by atoms with van der Waals surface area (Å²) in [5, 5.41) is 4.60. The molecule has 0 amide bonds. The molecule has 1 saturated heterocycles. The van der Waals surface area contributed by atoms with Crippen LogP contribution in [0.4, 0.5) is 13.2 Å². The lowest BCUT2D eigenvalue weighted by atomic mass is 10.0. The SMILES string of the molecule is CC(C)n1nc(-c2cnc(C(F)(F)F)nc2)nc1C1[C@H]2CC(N3CCOC[C@H]3C)C[C@@H]12. The molecule has 3 aliphatic rings. The average Bonchev–Trinajstić information content (AvgIpc) is 3.09. The van der Waals surface area contributed by atoms with Gasteiger partial charge in [-0.1, -0.05) is 0 Å². The number of rotatable bonds is 4. The molecular formula is C21H27F3N6O. The summed E-state index contributed by atoms with van der Waals surface area (Å²) < 4.78 is 45.8. The van der Waals surface area contributed by atoms with Gasteiger partial charge in [0.1, 0.15) is 5.82 Å². The number of hydrogen-bond donors (Lipinski definition) is 0. The smallest absolute Gasteiger partial charge is 0.379 e. The Hall–Kier alpha value is -2.07. The Morgan fingerprint density at radius 2 is 1.81 bits per heavy atom. The predicted octanol–water partition coefficient (Wildman–Crippen LogP) is 3.55. The van der Waals surface area contributed by atoms with Crippen LogP contribution in [-0.2, 0) is 10.9 Å². The molecule has 0 aromatic carbocycles. The summed E-state index contributed by atoms with van der Waals surface area (Å²) in [7, 11) is 0. The Kier molecular flexibility index (Phi) is 5.04. The van der Waals surface area contributed by atoms with Gasteiger partial charge in [-0.15, -0.1) is 0 Å². The summed E-state index contributed by atoms with van der Waals surface area (Å²) >= 11 is 0. The van der Waals surface area contributed by atoms with Gasteiger partial charge < -0.3 is 4.74 Å². The maximum absolute atomic E-state index is 12.8. The first-order valence-electron chi connectivity index (χ1n) is 10.9. The standard InChI is InChI=1S/C21H27F3N6O/c1-11(2)30-19(27-18(28-30)13-8-25-20(26-9-13)21(22,23)24)17-15-6-14(7-16(15)17)29-4-5-31-10-12(29)3/h8-9,11-12,14-17H,4-7,10H2,1-3H3/t12-,14?,15-,16+,17?/m1/s1. The molecule has 0 bridgehead atoms. The minimum absolute atomic E-state index is 0.114. The molecule has 31 heavy (non-hydrogen) atoms. The Bertz CT molecular complexity index is 932. The van der Waals surface area contributed by atoms with E-state index in [9.17, 15) is 13.2 Å². The Balaban J connectivity index is 1.34. The van der Waals surface area contributed by atoms with Gasteiger partial charge in [0.25, 0.3) is 0 Å². The van der Waals surface area contributed by atoms with Gasteiger partial charge in [-0.2, -0.15) is 18.3 Å². The van der Waals surface area contributed by atoms with Crippen molar-refractivity contribution in [2.24, 2.45) is 11.8 Å². The normalized spacial score (nSPS) is 31.3. The van der Waals surface area contributed by atoms with Crippen molar-refractivity contribution in [3.63, 3.8) is 0 Å². The molecule has 5 atom stereocenters. The maximum Gasteiger partial charge on any atom is 0.451 e. The summed E-state index contributed by atoms with van der Waals surface area (Å²) in [5.41, 5.74) is 0.402. The fourth-order valence-electron chi connectivity index (χ4n) is 5.40. The maximum atomic E-state index is 12.8. The Morgan fingerprint density at radius 1 is 1.13 bits per heavy atom. The highest BCUT2D eigenvalue weighted by Gasteiger charge is 2.59. The van der Waals surface area contributed by atoms with Gasteiger partial charge in [0, 0.05) is 43.0 Å². The van der Waals surface area contributed by atoms with Crippen LogP contribution in [0.2, 0.25) is 0 Å². The predicted molar refractivity (Wildman–Crippen MR) is 106 cm³/mol. The lowest BCUT2D eigenvalue weighted by Gasteiger charge is -2.38. The van der Waals surface area contributed by atoms with Crippen molar-refractivity contribution in [3.05, 3.63) is 24.0 Å². The van der Waals surface area contributed by atoms with E-state index in [1.165, 1.54) is 0 Å². The van der Waals surface area contributed by atoms with Gasteiger partial charge >= 0.3 is 6.18 Å². The van der Waals surface area contributed by atoms with E-state index in [0.717, 1.165) is 50.8 Å². The number of aromatic nitrogens is 5. The molecule has 0 radical (unpaired) electrons. The quantitative estimate of drug-likeness (QED) is 0.730. The molecule has 1 aliphatic heterocycles. The van der Waals surface area contributed by atoms with E-state index in [2.05, 4.69) is 26.9 Å². The van der Waals surface area contributed by atoms with E-state index in [4.69, 9.17) is 9.72 Å². The average molecular weight is 436 g/mol. The van der Waals surface area contributed by atoms with E-state index >= 15 is 0 Å². The largest absolute Gasteiger partial charge is 0.451 e. The first kappa shape index (κ1) is 20.8. The van der Waals surface area contributed by atoms with Crippen molar-refractivity contribution in [2.75, 3.05) is 19.8 Å². The second-order valence-corrected chi connectivity index (χ2v) is 9.27. The summed E-state index contributed by atoms with van der Waals surface area (Å²) in [4.78, 5) is 14.2. The molecule has 2 saturated carbocycles. The zero-order valence-corrected chi connectivity index (χ0v) is 17.9. The van der Waals surface area contributed by atoms with Gasteiger partial charge in [0.2, 0.25) is 5.82 Å². The number of ether oxygens (including phenoxy) is 1. The zero-order valence-electron chi connectivity index (χ0n) is 17.9. The van der Waals surface area contributed by atoms with Gasteiger partial charge in [-0.05, 0) is 45.4 Å². The van der Waals surface area contributed by atoms with Crippen LogP contribution in [0.5, 0.6) is 0 Å². The number of hydrogen-bond acceptors (Lipinski definition) is 6. The van der Waals surface area contributed by atoms with Gasteiger partial charge in [0.05, 0.1) is 18.8 Å². The molecule has 3 heterocycles. The molecular weight excluding hydrogens is 409 g/mol. The van der Waals surface area contributed by atoms with Crippen molar-refractivity contribution < 1.29 is 17.9 Å². The van der Waals surface area contributed by atoms with Crippen LogP contribution >= 0.6 is 0 Å². The molecule has 2 aromatic rings. The minimum Gasteiger partial charge on any atom is -0.379 e. The van der Waals surface area contributed by atoms with E-state index < -0.39 is 12.0 Å². The van der Waals surface area contributed by atoms with E-state index in [1.807, 2.05) is 18.5 Å². The van der Waals surface area contributed by atoms with E-state index in [0.29, 0.717) is 41.2 Å². The zero-order chi connectivity index (χ0) is 21.9. The third kappa shape index (κ3) is 3.73. The second kappa shape index (κ2) is 7.51. The van der Waals surface area contributed by atoms with E-state index in [-0.39, 0.29) is 6.04 Å². The van der Waals surface area contributed by atoms with Crippen molar-refractivity contribution >= 4 is 0 Å². The van der Waals surface area contributed by atoms with Crippen LogP contribution in [0.25, 0.3) is 11.4 Å². The molecule has 2 aliphatic carbocycles. The van der Waals surface area contributed by atoms with Crippen LogP contribution in [-0.4, -0.2) is 61.5 Å². The number of alkyl halides is 3. The van der Waals surface area contributed by atoms with Crippen LogP contribution in [0, 0.1) is 11.8 Å². The summed E-state index contributed by atoms with van der Waals surface area (Å²) in [5.74, 6) is 1.73. The minimum atomic E-state index is -4.56. The monoisotopic (exact) mass is 436 g/mol. The summed E-state index contributed by atoms with van der Waals surface area (Å²) in [6.45, 7) is 8.92. The Morgan fingerprint density at radius 3 is 2.39 bits per heavy atom. The second-order valence-electron chi connectivity index (χ2n) is 9.27. The van der Waals surface area contributed by atoms with Crippen molar-refractivity contribution in [3.8, 4) is 11.4 Å². The molecule has 2 aromatic heterocycles. The van der Waals surface area contributed by atoms with E-state index in [1.54, 1.807) is 0 Å². The molecule has 2 unspecified atom stereocenters. The highest BCUT2D eigenvalue weighted by molar-refractivity contribution is 5.52. The van der Waals surface area contributed by atoms with Crippen molar-refractivity contribution in [1.82, 2.24) is 29.6 Å². The van der Waals surface area contributed by atoms with Gasteiger partial charge in [0.15, 0.2) is 5.82 Å². The molecule has 5 rings (SSSR count). The van der Waals surface area contributed by atoms with Gasteiger partial charge in [-0.25, -0.2) is 19.6 Å². The molecule has 0 spiro atoms. The number of nitrogens with zero attached hydrogens (tertiary/aromatic N) is 6. The highest BCUT2D eigenvalue weighted by Crippen LogP contribution is 2.63. The lowest BCUT2D eigenvalue weighted by Crippen LogP contribution is -2.49. The van der Waals surface area contributed by atoms with Crippen LogP contribution in [0.15, 0.2) is 12.4 Å². The molecule has 0 N–H and O–H groups in total. The third-order valence-electron chi connectivity index (χ3n) is 6.92. The first-order chi connectivity index (χ1) is 14.7. The Labute approximate surface area is 179 Å². The molecule has 7 nitrogen and oxygen atoms in total. The van der Waals surface area contributed by atoms with Crippen LogP contribution in [0.1, 0.15) is 57.2 Å². The molecule has 168 valence electrons. The third-order valence-corrected chi connectivity index (χ3v) is 6.92. The number of morpholine rings is 1. The van der Waals surface area contributed by atoms with Crippen LogP contribution in [0.3, 0.4) is 0 Å². The van der Waals surface area contributed by atoms with Gasteiger partial charge in [-0.3, -0.25) is 4.90 Å². The fraction of sp³-hybridized carbons (Fsp3) is 0.714. The fourth-order valence-corrected chi connectivity index (χ4v) is 5.40. The lowest BCUT2D eigenvalue weighted by molar-refractivity contribution is -0.144. The topological polar surface area (TPSA) is 69.0 Å². The number of halogens is 3. The van der Waals surface area contributed by atoms with Crippen molar-refractivity contribution in [1.29, 1.82) is 0 Å². The highest BCUT2D eigenvalue weighted by atomic mass is 19.4. The summed E-state index contributed by atoms with van der Waals surface area (Å²) in [6.07, 6.45) is 0.0629. The molecule has 3 fully saturated rings.